The molecule has 0 fully saturated rings. The van der Waals surface area contributed by atoms with Crippen LogP contribution in [0.1, 0.15) is 6.92 Å². The minimum atomic E-state index is -0.368. The molecule has 0 bridgehead atoms. The van der Waals surface area contributed by atoms with E-state index >= 15 is 0 Å². The molecule has 0 rings (SSSR count). The second-order valence-electron chi connectivity index (χ2n) is 0.823. The quantitative estimate of drug-likeness (QED) is 0.591. The fourth-order valence-corrected chi connectivity index (χ4v) is 0.305. The van der Waals surface area contributed by atoms with Crippen LogP contribution >= 0.6 is 0 Å². The first-order valence-corrected chi connectivity index (χ1v) is 2.86. The van der Waals surface area contributed by atoms with Crippen molar-refractivity contribution in [3.8, 4) is 0 Å². The van der Waals surface area contributed by atoms with Gasteiger partial charge in [-0.05, 0) is 0 Å². The van der Waals surface area contributed by atoms with E-state index in [9.17, 15) is 4.79 Å². The van der Waals surface area contributed by atoms with Gasteiger partial charge in [0, 0.05) is 0 Å². The van der Waals surface area contributed by atoms with E-state index < -0.39 is 0 Å². The van der Waals surface area contributed by atoms with Crippen LogP contribution in [0.15, 0.2) is 0 Å². The summed E-state index contributed by atoms with van der Waals surface area (Å²) in [5.41, 5.74) is 0. The van der Waals surface area contributed by atoms with Crippen LogP contribution in [-0.2, 0) is 24.8 Å². The van der Waals surface area contributed by atoms with Gasteiger partial charge < -0.3 is 0 Å². The molecule has 4 heteroatoms. The summed E-state index contributed by atoms with van der Waals surface area (Å²) in [6, 6.07) is 0. The molecule has 0 aromatic carbocycles. The Morgan fingerprint density at radius 2 is 2.57 bits per heavy atom. The molecule has 1 N–H and O–H groups in total. The number of rotatable bonds is 1. The van der Waals surface area contributed by atoms with Crippen LogP contribution in [0.2, 0.25) is 0 Å². The average molecular weight is 184 g/mol. The normalized spacial score (nSPS) is 7.57. The zero-order chi connectivity index (χ0) is 5.70. The Morgan fingerprint density at radius 3 is 2.71 bits per heavy atom. The van der Waals surface area contributed by atoms with Gasteiger partial charge >= 0.3 is 53.1 Å². The first-order chi connectivity index (χ1) is 3.31. The topological polar surface area (TPSA) is 38.3 Å². The summed E-state index contributed by atoms with van der Waals surface area (Å²) < 4.78 is 6.76. The molecule has 0 aromatic rings. The Morgan fingerprint density at radius 1 is 2.00 bits per heavy atom. The van der Waals surface area contributed by atoms with E-state index in [0.29, 0.717) is 6.61 Å². The second-order valence-corrected chi connectivity index (χ2v) is 1.32. The molecule has 1 amide bonds. The summed E-state index contributed by atoms with van der Waals surface area (Å²) in [6.45, 7) is 2.19. The molecule has 0 aromatic heterocycles. The molecule has 0 aliphatic rings. The Hall–Kier alpha value is -0.0417. The predicted molar refractivity (Wildman–Crippen MR) is 20.2 cm³/mol. The van der Waals surface area contributed by atoms with E-state index in [0.717, 1.165) is 0 Å². The molecule has 41 valence electrons. The number of carbonyl (C=O) groups is 1. The second kappa shape index (κ2) is 4.13. The summed E-state index contributed by atoms with van der Waals surface area (Å²) in [7, 11) is 0. The fourth-order valence-electron chi connectivity index (χ4n) is 0.161. The molecular weight excluding hydrogens is 178 g/mol. The summed E-state index contributed by atoms with van der Waals surface area (Å²) in [4.78, 5) is 10.1. The van der Waals surface area contributed by atoms with Crippen molar-refractivity contribution in [2.45, 2.75) is 6.92 Å². The van der Waals surface area contributed by atoms with E-state index in [2.05, 4.69) is 8.61 Å². The standard InChI is InChI=1S/C3H7NO2.Mo/c1-2-6-3(4)5;/h2H2,1H3,(H2,4,5);/q;+1/p-1. The third-order valence-corrected chi connectivity index (χ3v) is 0.768. The molecule has 0 aliphatic heterocycles. The molecule has 0 heterocycles. The zero-order valence-corrected chi connectivity index (χ0v) is 5.94. The number of nitrogens with one attached hydrogen (secondary N) is 1. The van der Waals surface area contributed by atoms with Crippen LogP contribution in [0.3, 0.4) is 0 Å². The Labute approximate surface area is 53.6 Å². The van der Waals surface area contributed by atoms with Crippen molar-refractivity contribution >= 4 is 6.09 Å². The van der Waals surface area contributed by atoms with Gasteiger partial charge in [-0.2, -0.15) is 0 Å². The molecule has 7 heavy (non-hydrogen) atoms. The number of ether oxygens (including phenoxy) is 1. The number of hydrogen-bond donors (Lipinski definition) is 1. The van der Waals surface area contributed by atoms with E-state index in [4.69, 9.17) is 0 Å². The molecule has 0 saturated heterocycles. The van der Waals surface area contributed by atoms with E-state index in [-0.39, 0.29) is 6.09 Å². The molecule has 0 saturated carbocycles. The van der Waals surface area contributed by atoms with Gasteiger partial charge in [0.1, 0.15) is 0 Å². The number of carbonyl (C=O) groups excluding carboxylic acids is 1. The van der Waals surface area contributed by atoms with Crippen LogP contribution in [0.5, 0.6) is 0 Å². The maximum atomic E-state index is 10.1. The van der Waals surface area contributed by atoms with Crippen LogP contribution < -0.4 is 3.88 Å². The minimum absolute atomic E-state index is 0.368. The summed E-state index contributed by atoms with van der Waals surface area (Å²) in [5.74, 6) is 0. The Balaban J connectivity index is 3.00. The van der Waals surface area contributed by atoms with Crippen molar-refractivity contribution in [1.29, 1.82) is 0 Å². The van der Waals surface area contributed by atoms with Gasteiger partial charge in [0.15, 0.2) is 0 Å². The van der Waals surface area contributed by atoms with Gasteiger partial charge in [-0.15, -0.1) is 0 Å². The average Bonchev–Trinajstić information content (AvgIpc) is 1.68. The molecule has 3 nitrogen and oxygen atoms in total. The van der Waals surface area contributed by atoms with Gasteiger partial charge in [0.05, 0.1) is 0 Å². The molecule has 0 aliphatic carbocycles. The number of amides is 1. The number of hydrogen-bond acceptors (Lipinski definition) is 2. The van der Waals surface area contributed by atoms with E-state index in [1.807, 2.05) is 0 Å². The molecule has 0 unspecified atom stereocenters. The first-order valence-electron chi connectivity index (χ1n) is 1.86. The maximum absolute atomic E-state index is 10.1. The zero-order valence-electron chi connectivity index (χ0n) is 3.93. The summed E-state index contributed by atoms with van der Waals surface area (Å²) in [6.07, 6.45) is -0.368. The van der Waals surface area contributed by atoms with Gasteiger partial charge in [-0.3, -0.25) is 0 Å². The van der Waals surface area contributed by atoms with Crippen LogP contribution in [0.4, 0.5) is 4.79 Å². The van der Waals surface area contributed by atoms with Crippen molar-refractivity contribution in [1.82, 2.24) is 3.88 Å². The molecule has 0 radical (unpaired) electrons. The third-order valence-electron chi connectivity index (χ3n) is 0.359. The predicted octanol–water partition coefficient (Wildman–Crippen LogP) is 0.194. The third kappa shape index (κ3) is 3.80. The van der Waals surface area contributed by atoms with Crippen LogP contribution in [0, 0.1) is 0 Å². The van der Waals surface area contributed by atoms with Crippen molar-refractivity contribution in [3.05, 3.63) is 0 Å². The first kappa shape index (κ1) is 6.96. The fraction of sp³-hybridized carbons (Fsp3) is 0.667. The molecule has 0 spiro atoms. The van der Waals surface area contributed by atoms with Crippen molar-refractivity contribution in [2.24, 2.45) is 0 Å². The van der Waals surface area contributed by atoms with Crippen molar-refractivity contribution < 1.29 is 29.6 Å². The summed E-state index contributed by atoms with van der Waals surface area (Å²) >= 11 is 1.46. The van der Waals surface area contributed by atoms with Gasteiger partial charge in [0.2, 0.25) is 0 Å². The Bertz CT molecular complexity index is 66.0. The van der Waals surface area contributed by atoms with E-state index in [1.165, 1.54) is 20.1 Å². The van der Waals surface area contributed by atoms with Crippen LogP contribution in [-0.4, -0.2) is 12.7 Å². The van der Waals surface area contributed by atoms with Gasteiger partial charge in [-0.1, -0.05) is 0 Å². The van der Waals surface area contributed by atoms with Crippen molar-refractivity contribution in [3.63, 3.8) is 0 Å². The molecular formula is C3H6MoNO2. The Kier molecular flexibility index (Phi) is 4.10. The SMILES string of the molecule is CCOC(=O)[NH][Mo]. The molecule has 0 atom stereocenters. The monoisotopic (exact) mass is 186 g/mol. The van der Waals surface area contributed by atoms with E-state index in [1.54, 1.807) is 6.92 Å². The van der Waals surface area contributed by atoms with Gasteiger partial charge in [-0.25, -0.2) is 0 Å². The van der Waals surface area contributed by atoms with Gasteiger partial charge in [0.25, 0.3) is 0 Å². The summed E-state index contributed by atoms with van der Waals surface area (Å²) in [5, 5.41) is 0. The van der Waals surface area contributed by atoms with Crippen molar-refractivity contribution in [2.75, 3.05) is 6.61 Å². The van der Waals surface area contributed by atoms with Crippen LogP contribution in [0.25, 0.3) is 0 Å².